The number of Topliss-reactive ketones (excluding diaryl/α,β-unsaturated/α-hetero) is 1. The zero-order chi connectivity index (χ0) is 15.4. The van der Waals surface area contributed by atoms with E-state index in [0.717, 1.165) is 0 Å². The van der Waals surface area contributed by atoms with Crippen molar-refractivity contribution >= 4 is 51.8 Å². The third-order valence-electron chi connectivity index (χ3n) is 3.69. The number of rotatable bonds is 0. The van der Waals surface area contributed by atoms with Gasteiger partial charge in [0.25, 0.3) is 5.91 Å². The van der Waals surface area contributed by atoms with E-state index in [9.17, 15) is 9.59 Å². The molecule has 0 bridgehead atoms. The number of ketones is 1. The first-order chi connectivity index (χ1) is 10.5. The van der Waals surface area contributed by atoms with E-state index in [4.69, 9.17) is 23.2 Å². The number of amides is 1. The van der Waals surface area contributed by atoms with E-state index in [1.807, 2.05) is 0 Å². The topological polar surface area (TPSA) is 58.2 Å². The molecular formula is C16H8Cl2N2O2. The number of hydrogen-bond acceptors (Lipinski definition) is 3. The molecule has 0 unspecified atom stereocenters. The molecule has 0 aromatic heterocycles. The fraction of sp³-hybridized carbons (Fsp3) is 0. The maximum atomic E-state index is 12.6. The molecule has 22 heavy (non-hydrogen) atoms. The fourth-order valence-electron chi connectivity index (χ4n) is 2.70. The number of carbonyl (C=O) groups is 2. The zero-order valence-electron chi connectivity index (χ0n) is 11.0. The van der Waals surface area contributed by atoms with Crippen molar-refractivity contribution < 1.29 is 9.59 Å². The van der Waals surface area contributed by atoms with Gasteiger partial charge in [0.15, 0.2) is 0 Å². The molecule has 2 aromatic rings. The molecule has 108 valence electrons. The van der Waals surface area contributed by atoms with Crippen molar-refractivity contribution in [2.24, 2.45) is 0 Å². The molecule has 2 aromatic carbocycles. The Morgan fingerprint density at radius 2 is 1.36 bits per heavy atom. The van der Waals surface area contributed by atoms with E-state index in [-0.39, 0.29) is 17.4 Å². The highest BCUT2D eigenvalue weighted by molar-refractivity contribution is 6.40. The standard InChI is InChI=1S/C16H8Cl2N2O2/c17-7-1-3-11-9(5-7)13(16(22)20-11)14-15(21)10-6-8(18)2-4-12(10)19-14/h1-6,19H,(H,20,22)/b14-13-. The third-order valence-corrected chi connectivity index (χ3v) is 4.16. The number of fused-ring (bicyclic) bond motifs is 2. The lowest BCUT2D eigenvalue weighted by molar-refractivity contribution is -0.110. The average molecular weight is 331 g/mol. The van der Waals surface area contributed by atoms with Crippen molar-refractivity contribution in [1.29, 1.82) is 0 Å². The van der Waals surface area contributed by atoms with E-state index >= 15 is 0 Å². The van der Waals surface area contributed by atoms with Gasteiger partial charge >= 0.3 is 0 Å². The lowest BCUT2D eigenvalue weighted by atomic mass is 10.0. The van der Waals surface area contributed by atoms with Crippen LogP contribution in [0, 0.1) is 0 Å². The lowest BCUT2D eigenvalue weighted by Crippen LogP contribution is -2.11. The number of nitrogens with one attached hydrogen (secondary N) is 2. The molecule has 2 aliphatic heterocycles. The zero-order valence-corrected chi connectivity index (χ0v) is 12.5. The summed E-state index contributed by atoms with van der Waals surface area (Å²) in [5.74, 6) is -0.581. The maximum absolute atomic E-state index is 12.6. The molecule has 1 amide bonds. The van der Waals surface area contributed by atoms with Gasteiger partial charge in [-0.3, -0.25) is 9.59 Å². The van der Waals surface area contributed by atoms with Crippen LogP contribution in [-0.2, 0) is 4.79 Å². The monoisotopic (exact) mass is 330 g/mol. The second-order valence-electron chi connectivity index (χ2n) is 5.04. The Hall–Kier alpha value is -2.30. The molecule has 0 fully saturated rings. The molecule has 2 heterocycles. The molecule has 0 radical (unpaired) electrons. The second-order valence-corrected chi connectivity index (χ2v) is 5.91. The van der Waals surface area contributed by atoms with E-state index in [0.29, 0.717) is 38.1 Å². The summed E-state index contributed by atoms with van der Waals surface area (Å²) in [7, 11) is 0. The van der Waals surface area contributed by atoms with E-state index in [2.05, 4.69) is 10.6 Å². The van der Waals surface area contributed by atoms with Gasteiger partial charge in [-0.1, -0.05) is 23.2 Å². The SMILES string of the molecule is O=C1Nc2ccc(Cl)cc2/C1=C1/Nc2ccc(Cl)cc2C1=O. The summed E-state index contributed by atoms with van der Waals surface area (Å²) in [4.78, 5) is 24.8. The van der Waals surface area contributed by atoms with Crippen LogP contribution in [0.15, 0.2) is 42.1 Å². The van der Waals surface area contributed by atoms with Gasteiger partial charge in [-0.2, -0.15) is 0 Å². The molecule has 0 aliphatic carbocycles. The van der Waals surface area contributed by atoms with Gasteiger partial charge in [-0.15, -0.1) is 0 Å². The van der Waals surface area contributed by atoms with Crippen molar-refractivity contribution in [2.75, 3.05) is 10.6 Å². The van der Waals surface area contributed by atoms with Crippen LogP contribution in [0.25, 0.3) is 5.57 Å². The van der Waals surface area contributed by atoms with Gasteiger partial charge in [-0.05, 0) is 36.4 Å². The van der Waals surface area contributed by atoms with Crippen molar-refractivity contribution in [1.82, 2.24) is 0 Å². The van der Waals surface area contributed by atoms with Crippen molar-refractivity contribution in [3.05, 3.63) is 63.3 Å². The van der Waals surface area contributed by atoms with Gasteiger partial charge in [0, 0.05) is 26.9 Å². The van der Waals surface area contributed by atoms with Gasteiger partial charge in [0.05, 0.1) is 11.3 Å². The van der Waals surface area contributed by atoms with Gasteiger partial charge in [-0.25, -0.2) is 0 Å². The quantitative estimate of drug-likeness (QED) is 0.718. The predicted molar refractivity (Wildman–Crippen MR) is 86.4 cm³/mol. The summed E-state index contributed by atoms with van der Waals surface area (Å²) in [5, 5.41) is 6.72. The molecule has 0 atom stereocenters. The molecule has 0 saturated heterocycles. The van der Waals surface area contributed by atoms with Crippen LogP contribution in [0.3, 0.4) is 0 Å². The summed E-state index contributed by atoms with van der Waals surface area (Å²) < 4.78 is 0. The minimum Gasteiger partial charge on any atom is -0.351 e. The highest BCUT2D eigenvalue weighted by Gasteiger charge is 2.35. The number of allylic oxidation sites excluding steroid dienone is 1. The minimum atomic E-state index is -0.327. The molecule has 0 saturated carbocycles. The number of benzene rings is 2. The van der Waals surface area contributed by atoms with Crippen LogP contribution < -0.4 is 10.6 Å². The smallest absolute Gasteiger partial charge is 0.258 e. The Morgan fingerprint density at radius 1 is 0.773 bits per heavy atom. The highest BCUT2D eigenvalue weighted by Crippen LogP contribution is 2.40. The molecule has 2 N–H and O–H groups in total. The molecule has 4 nitrogen and oxygen atoms in total. The van der Waals surface area contributed by atoms with E-state index in [1.165, 1.54) is 0 Å². The number of hydrogen-bond donors (Lipinski definition) is 2. The fourth-order valence-corrected chi connectivity index (χ4v) is 3.05. The molecular weight excluding hydrogens is 323 g/mol. The number of carbonyl (C=O) groups excluding carboxylic acids is 2. The largest absolute Gasteiger partial charge is 0.351 e. The first kappa shape index (κ1) is 13.4. The summed E-state index contributed by atoms with van der Waals surface area (Å²) in [6.07, 6.45) is 0. The number of anilines is 2. The van der Waals surface area contributed by atoms with Crippen LogP contribution in [0.5, 0.6) is 0 Å². The second kappa shape index (κ2) is 4.60. The van der Waals surface area contributed by atoms with Crippen LogP contribution >= 0.6 is 23.2 Å². The highest BCUT2D eigenvalue weighted by atomic mass is 35.5. The molecule has 4 rings (SSSR count). The Balaban J connectivity index is 1.93. The van der Waals surface area contributed by atoms with Crippen molar-refractivity contribution in [3.63, 3.8) is 0 Å². The number of halogens is 2. The predicted octanol–water partition coefficient (Wildman–Crippen LogP) is 3.97. The molecule has 0 spiro atoms. The van der Waals surface area contributed by atoms with Gasteiger partial charge in [0.2, 0.25) is 5.78 Å². The van der Waals surface area contributed by atoms with Crippen LogP contribution in [0.1, 0.15) is 15.9 Å². The Morgan fingerprint density at radius 3 is 2.05 bits per heavy atom. The van der Waals surface area contributed by atoms with Crippen molar-refractivity contribution in [3.8, 4) is 0 Å². The Labute approximate surface area is 135 Å². The normalized spacial score (nSPS) is 18.8. The summed E-state index contributed by atoms with van der Waals surface area (Å²) >= 11 is 11.9. The van der Waals surface area contributed by atoms with Crippen molar-refractivity contribution in [2.45, 2.75) is 0 Å². The summed E-state index contributed by atoms with van der Waals surface area (Å²) in [6.45, 7) is 0. The summed E-state index contributed by atoms with van der Waals surface area (Å²) in [6, 6.07) is 10.1. The average Bonchev–Trinajstić information content (AvgIpc) is 2.96. The van der Waals surface area contributed by atoms with Crippen LogP contribution in [0.2, 0.25) is 10.0 Å². The van der Waals surface area contributed by atoms with Crippen LogP contribution in [0.4, 0.5) is 11.4 Å². The minimum absolute atomic E-state index is 0.246. The molecule has 2 aliphatic rings. The maximum Gasteiger partial charge on any atom is 0.258 e. The van der Waals surface area contributed by atoms with E-state index < -0.39 is 0 Å². The lowest BCUT2D eigenvalue weighted by Gasteiger charge is -2.03. The van der Waals surface area contributed by atoms with Gasteiger partial charge < -0.3 is 10.6 Å². The molecule has 6 heteroatoms. The van der Waals surface area contributed by atoms with Crippen LogP contribution in [-0.4, -0.2) is 11.7 Å². The first-order valence-electron chi connectivity index (χ1n) is 6.51. The third kappa shape index (κ3) is 1.85. The van der Waals surface area contributed by atoms with E-state index in [1.54, 1.807) is 36.4 Å². The Bertz CT molecular complexity index is 903. The van der Waals surface area contributed by atoms with Gasteiger partial charge in [0.1, 0.15) is 5.70 Å². The Kier molecular flexibility index (Phi) is 2.79. The first-order valence-corrected chi connectivity index (χ1v) is 7.27. The summed E-state index contributed by atoms with van der Waals surface area (Å²) in [5.41, 5.74) is 2.90.